The third kappa shape index (κ3) is 2.67. The monoisotopic (exact) mass is 212 g/mol. The first kappa shape index (κ1) is 12.0. The first-order valence-corrected chi connectivity index (χ1v) is 5.00. The smallest absolute Gasteiger partial charge is 0.243 e. The maximum atomic E-state index is 11.9. The lowest BCUT2D eigenvalue weighted by Crippen LogP contribution is -2.40. The van der Waals surface area contributed by atoms with Crippen LogP contribution < -0.4 is 0 Å². The molecule has 5 nitrogen and oxygen atoms in total. The zero-order chi connectivity index (χ0) is 11.3. The fraction of sp³-hybridized carbons (Fsp3) is 0.800. The minimum Gasteiger partial charge on any atom is -0.395 e. The van der Waals surface area contributed by atoms with Gasteiger partial charge in [-0.15, -0.1) is 0 Å². The molecule has 15 heavy (non-hydrogen) atoms. The van der Waals surface area contributed by atoms with E-state index in [1.807, 2.05) is 0 Å². The second-order valence-electron chi connectivity index (χ2n) is 3.70. The molecule has 0 unspecified atom stereocenters. The van der Waals surface area contributed by atoms with Crippen LogP contribution in [0.15, 0.2) is 0 Å². The van der Waals surface area contributed by atoms with E-state index in [-0.39, 0.29) is 19.1 Å². The highest BCUT2D eigenvalue weighted by molar-refractivity contribution is 5.88. The summed E-state index contributed by atoms with van der Waals surface area (Å²) in [6.07, 6.45) is 1.27. The van der Waals surface area contributed by atoms with Gasteiger partial charge in [0.05, 0.1) is 19.3 Å². The molecule has 84 valence electrons. The molecule has 0 aromatic heterocycles. The summed E-state index contributed by atoms with van der Waals surface area (Å²) in [5, 5.41) is 17.7. The van der Waals surface area contributed by atoms with Crippen molar-refractivity contribution in [2.75, 3.05) is 33.4 Å². The van der Waals surface area contributed by atoms with Crippen LogP contribution in [0.1, 0.15) is 12.8 Å². The molecule has 1 rings (SSSR count). The maximum absolute atomic E-state index is 11.9. The summed E-state index contributed by atoms with van der Waals surface area (Å²) >= 11 is 0. The van der Waals surface area contributed by atoms with Crippen molar-refractivity contribution in [3.63, 3.8) is 0 Å². The average Bonchev–Trinajstić information content (AvgIpc) is 3.04. The lowest BCUT2D eigenvalue weighted by Gasteiger charge is -2.23. The maximum Gasteiger partial charge on any atom is 0.243 e. The van der Waals surface area contributed by atoms with Gasteiger partial charge in [0.1, 0.15) is 5.41 Å². The Kier molecular flexibility index (Phi) is 4.06. The number of ether oxygens (including phenoxy) is 1. The standard InChI is InChI=1S/C10H16N2O3/c1-15-7-5-12(4-6-13)9(14)10(8-11)2-3-10/h13H,2-7H2,1H3. The van der Waals surface area contributed by atoms with Crippen molar-refractivity contribution in [3.8, 4) is 6.07 Å². The van der Waals surface area contributed by atoms with E-state index in [1.165, 1.54) is 4.90 Å². The van der Waals surface area contributed by atoms with Crippen LogP contribution in [0.3, 0.4) is 0 Å². The number of nitriles is 1. The van der Waals surface area contributed by atoms with Gasteiger partial charge in [0.25, 0.3) is 0 Å². The van der Waals surface area contributed by atoms with E-state index in [0.717, 1.165) is 0 Å². The van der Waals surface area contributed by atoms with E-state index in [9.17, 15) is 4.79 Å². The molecule has 0 spiro atoms. The first-order chi connectivity index (χ1) is 7.20. The fourth-order valence-electron chi connectivity index (χ4n) is 1.44. The normalized spacial score (nSPS) is 16.9. The van der Waals surface area contributed by atoms with E-state index < -0.39 is 5.41 Å². The molecule has 0 aromatic rings. The van der Waals surface area contributed by atoms with Crippen molar-refractivity contribution in [1.82, 2.24) is 4.90 Å². The minimum absolute atomic E-state index is 0.0863. The highest BCUT2D eigenvalue weighted by Gasteiger charge is 2.52. The zero-order valence-electron chi connectivity index (χ0n) is 8.90. The quantitative estimate of drug-likeness (QED) is 0.659. The summed E-state index contributed by atoms with van der Waals surface area (Å²) in [5.74, 6) is -0.170. The van der Waals surface area contributed by atoms with Crippen LogP contribution in [-0.2, 0) is 9.53 Å². The fourth-order valence-corrected chi connectivity index (χ4v) is 1.44. The Morgan fingerprint density at radius 1 is 1.60 bits per heavy atom. The number of amides is 1. The molecule has 0 radical (unpaired) electrons. The Balaban J connectivity index is 2.55. The molecule has 0 atom stereocenters. The van der Waals surface area contributed by atoms with E-state index >= 15 is 0 Å². The zero-order valence-corrected chi connectivity index (χ0v) is 8.90. The second kappa shape index (κ2) is 5.10. The number of carbonyl (C=O) groups excluding carboxylic acids is 1. The number of rotatable bonds is 6. The third-order valence-corrected chi connectivity index (χ3v) is 2.60. The van der Waals surface area contributed by atoms with Crippen molar-refractivity contribution >= 4 is 5.91 Å². The number of methoxy groups -OCH3 is 1. The summed E-state index contributed by atoms with van der Waals surface area (Å²) < 4.78 is 4.88. The van der Waals surface area contributed by atoms with Crippen molar-refractivity contribution in [1.29, 1.82) is 5.26 Å². The van der Waals surface area contributed by atoms with E-state index in [2.05, 4.69) is 6.07 Å². The molecular weight excluding hydrogens is 196 g/mol. The van der Waals surface area contributed by atoms with Gasteiger partial charge >= 0.3 is 0 Å². The minimum atomic E-state index is -0.803. The Morgan fingerprint density at radius 2 is 2.27 bits per heavy atom. The number of aliphatic hydroxyl groups excluding tert-OH is 1. The molecule has 1 aliphatic carbocycles. The van der Waals surface area contributed by atoms with E-state index in [0.29, 0.717) is 26.0 Å². The number of carbonyl (C=O) groups is 1. The Labute approximate surface area is 89.2 Å². The van der Waals surface area contributed by atoms with Gasteiger partial charge in [0, 0.05) is 20.2 Å². The second-order valence-corrected chi connectivity index (χ2v) is 3.70. The predicted octanol–water partition coefficient (Wildman–Crippen LogP) is -0.243. The van der Waals surface area contributed by atoms with Gasteiger partial charge in [-0.2, -0.15) is 5.26 Å². The highest BCUT2D eigenvalue weighted by Crippen LogP contribution is 2.46. The summed E-state index contributed by atoms with van der Waals surface area (Å²) in [7, 11) is 1.55. The lowest BCUT2D eigenvalue weighted by molar-refractivity contribution is -0.136. The summed E-state index contributed by atoms with van der Waals surface area (Å²) in [6.45, 7) is 1.04. The van der Waals surface area contributed by atoms with Gasteiger partial charge < -0.3 is 14.7 Å². The van der Waals surface area contributed by atoms with Crippen molar-refractivity contribution < 1.29 is 14.6 Å². The molecule has 1 aliphatic rings. The van der Waals surface area contributed by atoms with E-state index in [1.54, 1.807) is 7.11 Å². The molecule has 0 aromatic carbocycles. The Morgan fingerprint density at radius 3 is 2.67 bits per heavy atom. The highest BCUT2D eigenvalue weighted by atomic mass is 16.5. The van der Waals surface area contributed by atoms with Crippen LogP contribution in [0.25, 0.3) is 0 Å². The number of hydrogen-bond acceptors (Lipinski definition) is 4. The molecule has 1 amide bonds. The van der Waals surface area contributed by atoms with Gasteiger partial charge in [-0.1, -0.05) is 0 Å². The molecule has 1 fully saturated rings. The third-order valence-electron chi connectivity index (χ3n) is 2.60. The van der Waals surface area contributed by atoms with Gasteiger partial charge in [0.15, 0.2) is 0 Å². The molecular formula is C10H16N2O3. The van der Waals surface area contributed by atoms with Crippen LogP contribution in [0.4, 0.5) is 0 Å². The molecule has 5 heteroatoms. The van der Waals surface area contributed by atoms with E-state index in [4.69, 9.17) is 15.1 Å². The molecule has 0 saturated heterocycles. The first-order valence-electron chi connectivity index (χ1n) is 5.00. The molecule has 1 saturated carbocycles. The molecule has 0 heterocycles. The molecule has 0 bridgehead atoms. The summed E-state index contributed by atoms with van der Waals surface area (Å²) in [6, 6.07) is 2.05. The van der Waals surface area contributed by atoms with Crippen molar-refractivity contribution in [3.05, 3.63) is 0 Å². The number of hydrogen-bond donors (Lipinski definition) is 1. The summed E-state index contributed by atoms with van der Waals surface area (Å²) in [5.41, 5.74) is -0.803. The number of aliphatic hydroxyl groups is 1. The van der Waals surface area contributed by atoms with Crippen LogP contribution in [0.5, 0.6) is 0 Å². The average molecular weight is 212 g/mol. The van der Waals surface area contributed by atoms with Gasteiger partial charge in [-0.25, -0.2) is 0 Å². The van der Waals surface area contributed by atoms with Crippen LogP contribution in [0, 0.1) is 16.7 Å². The van der Waals surface area contributed by atoms with Crippen molar-refractivity contribution in [2.24, 2.45) is 5.41 Å². The molecule has 0 aliphatic heterocycles. The van der Waals surface area contributed by atoms with Crippen LogP contribution in [-0.4, -0.2) is 49.3 Å². The topological polar surface area (TPSA) is 73.6 Å². The van der Waals surface area contributed by atoms with Crippen molar-refractivity contribution in [2.45, 2.75) is 12.8 Å². The van der Waals surface area contributed by atoms with Gasteiger partial charge in [-0.3, -0.25) is 4.79 Å². The lowest BCUT2D eigenvalue weighted by atomic mass is 10.1. The largest absolute Gasteiger partial charge is 0.395 e. The SMILES string of the molecule is COCCN(CCO)C(=O)C1(C#N)CC1. The van der Waals surface area contributed by atoms with Gasteiger partial charge in [0.2, 0.25) is 5.91 Å². The number of nitrogens with zero attached hydrogens (tertiary/aromatic N) is 2. The van der Waals surface area contributed by atoms with Gasteiger partial charge in [-0.05, 0) is 12.8 Å². The van der Waals surface area contributed by atoms with Crippen LogP contribution in [0.2, 0.25) is 0 Å². The van der Waals surface area contributed by atoms with Crippen LogP contribution >= 0.6 is 0 Å². The molecule has 1 N–H and O–H groups in total. The summed E-state index contributed by atoms with van der Waals surface area (Å²) in [4.78, 5) is 13.4. The Hall–Kier alpha value is -1.12. The Bertz CT molecular complexity index is 268. The predicted molar refractivity (Wildman–Crippen MR) is 52.8 cm³/mol.